The van der Waals surface area contributed by atoms with Crippen molar-refractivity contribution in [3.8, 4) is 5.75 Å². The Morgan fingerprint density at radius 1 is 1.19 bits per heavy atom. The van der Waals surface area contributed by atoms with E-state index in [1.165, 1.54) is 35.4 Å². The van der Waals surface area contributed by atoms with Gasteiger partial charge in [0.2, 0.25) is 0 Å². The highest BCUT2D eigenvalue weighted by molar-refractivity contribution is 7.85. The molecule has 1 amide bonds. The van der Waals surface area contributed by atoms with Gasteiger partial charge in [0, 0.05) is 11.6 Å². The number of benzene rings is 1. The maximum absolute atomic E-state index is 12.2. The molecule has 2 aromatic heterocycles. The SMILES string of the molecule is O=C(NS(=O)(=O)OC[C@H]1O[C@@H](n2cnc3c(NC4CCC4)ncnc32)[C@H](O)[C@@H]1O)c1ccccc1[O-]. The van der Waals surface area contributed by atoms with Crippen LogP contribution in [-0.2, 0) is 19.2 Å². The van der Waals surface area contributed by atoms with Crippen molar-refractivity contribution >= 4 is 33.2 Å². The van der Waals surface area contributed by atoms with Crippen molar-refractivity contribution in [3.05, 3.63) is 42.5 Å². The fourth-order valence-electron chi connectivity index (χ4n) is 4.00. The fraction of sp³-hybridized carbons (Fsp3) is 0.429. The largest absolute Gasteiger partial charge is 0.872 e. The molecule has 1 aliphatic heterocycles. The molecule has 15 heteroatoms. The number of fused-ring (bicyclic) bond motifs is 1. The zero-order chi connectivity index (χ0) is 25.4. The predicted molar refractivity (Wildman–Crippen MR) is 121 cm³/mol. The number of anilines is 1. The Morgan fingerprint density at radius 3 is 2.69 bits per heavy atom. The van der Waals surface area contributed by atoms with Gasteiger partial charge in [-0.1, -0.05) is 30.0 Å². The molecule has 5 rings (SSSR count). The Balaban J connectivity index is 1.26. The maximum Gasteiger partial charge on any atom is 0.362 e. The summed E-state index contributed by atoms with van der Waals surface area (Å²) < 4.78 is 37.9. The Bertz CT molecular complexity index is 1380. The van der Waals surface area contributed by atoms with E-state index < -0.39 is 53.1 Å². The third-order valence-electron chi connectivity index (χ3n) is 6.15. The van der Waals surface area contributed by atoms with Gasteiger partial charge in [0.25, 0.3) is 5.91 Å². The molecule has 1 aliphatic carbocycles. The predicted octanol–water partition coefficient (Wildman–Crippen LogP) is -0.825. The lowest BCUT2D eigenvalue weighted by Gasteiger charge is -2.26. The molecule has 4 atom stereocenters. The maximum atomic E-state index is 12.2. The smallest absolute Gasteiger partial charge is 0.362 e. The average Bonchev–Trinajstić information content (AvgIpc) is 3.36. The highest BCUT2D eigenvalue weighted by Crippen LogP contribution is 2.33. The molecule has 3 heterocycles. The van der Waals surface area contributed by atoms with Crippen LogP contribution in [0.15, 0.2) is 36.9 Å². The summed E-state index contributed by atoms with van der Waals surface area (Å²) in [7, 11) is -4.65. The van der Waals surface area contributed by atoms with Gasteiger partial charge in [-0.2, -0.15) is 8.42 Å². The molecule has 0 spiro atoms. The number of aliphatic hydroxyl groups is 2. The lowest BCUT2D eigenvalue weighted by Crippen LogP contribution is -2.38. The minimum atomic E-state index is -4.65. The van der Waals surface area contributed by atoms with Gasteiger partial charge in [0.1, 0.15) is 24.6 Å². The molecule has 1 aromatic carbocycles. The molecule has 0 bridgehead atoms. The van der Waals surface area contributed by atoms with Crippen LogP contribution in [0.25, 0.3) is 11.2 Å². The molecular weight excluding hydrogens is 496 g/mol. The number of carbonyl (C=O) groups is 1. The molecule has 192 valence electrons. The van der Waals surface area contributed by atoms with E-state index in [1.54, 1.807) is 4.72 Å². The van der Waals surface area contributed by atoms with E-state index in [0.29, 0.717) is 23.0 Å². The molecule has 36 heavy (non-hydrogen) atoms. The number of ether oxygens (including phenoxy) is 1. The zero-order valence-electron chi connectivity index (χ0n) is 18.7. The molecule has 4 N–H and O–H groups in total. The fourth-order valence-corrected chi connectivity index (χ4v) is 4.70. The van der Waals surface area contributed by atoms with Crippen molar-refractivity contribution in [1.82, 2.24) is 24.2 Å². The summed E-state index contributed by atoms with van der Waals surface area (Å²) in [6.45, 7) is -0.716. The van der Waals surface area contributed by atoms with Crippen LogP contribution in [0, 0.1) is 0 Å². The molecule has 14 nitrogen and oxygen atoms in total. The van der Waals surface area contributed by atoms with Crippen molar-refractivity contribution in [1.29, 1.82) is 0 Å². The zero-order valence-corrected chi connectivity index (χ0v) is 19.5. The lowest BCUT2D eigenvalue weighted by molar-refractivity contribution is -0.268. The first-order chi connectivity index (χ1) is 17.2. The van der Waals surface area contributed by atoms with E-state index in [-0.39, 0.29) is 5.56 Å². The van der Waals surface area contributed by atoms with E-state index in [9.17, 15) is 28.5 Å². The van der Waals surface area contributed by atoms with Gasteiger partial charge in [-0.05, 0) is 19.3 Å². The van der Waals surface area contributed by atoms with Crippen LogP contribution in [-0.4, -0.2) is 75.0 Å². The number of aromatic nitrogens is 4. The summed E-state index contributed by atoms with van der Waals surface area (Å²) in [4.78, 5) is 24.9. The monoisotopic (exact) mass is 519 g/mol. The van der Waals surface area contributed by atoms with Crippen molar-refractivity contribution < 1.29 is 37.5 Å². The van der Waals surface area contributed by atoms with Crippen LogP contribution < -0.4 is 15.1 Å². The molecule has 2 fully saturated rings. The molecule has 1 saturated carbocycles. The minimum Gasteiger partial charge on any atom is -0.872 e. The number of para-hydroxylation sites is 1. The second-order valence-corrected chi connectivity index (χ2v) is 9.88. The Kier molecular flexibility index (Phi) is 6.48. The van der Waals surface area contributed by atoms with Gasteiger partial charge in [-0.25, -0.2) is 19.7 Å². The molecule has 0 unspecified atom stereocenters. The molecule has 0 radical (unpaired) electrons. The van der Waals surface area contributed by atoms with Gasteiger partial charge in [-0.15, -0.1) is 0 Å². The van der Waals surface area contributed by atoms with Crippen molar-refractivity contribution in [2.45, 2.75) is 49.8 Å². The number of aliphatic hydroxyl groups excluding tert-OH is 2. The Hall–Kier alpha value is -3.37. The van der Waals surface area contributed by atoms with Gasteiger partial charge in [0.15, 0.2) is 23.2 Å². The topological polar surface area (TPSA) is 201 Å². The van der Waals surface area contributed by atoms with Gasteiger partial charge in [0.05, 0.1) is 12.9 Å². The highest BCUT2D eigenvalue weighted by Gasteiger charge is 2.45. The van der Waals surface area contributed by atoms with Crippen molar-refractivity contribution in [2.75, 3.05) is 11.9 Å². The van der Waals surface area contributed by atoms with Crippen molar-refractivity contribution in [3.63, 3.8) is 0 Å². The number of nitrogens with zero attached hydrogens (tertiary/aromatic N) is 4. The van der Waals surface area contributed by atoms with Crippen LogP contribution in [0.3, 0.4) is 0 Å². The third kappa shape index (κ3) is 4.70. The molecule has 1 saturated heterocycles. The van der Waals surface area contributed by atoms with Crippen LogP contribution in [0.1, 0.15) is 35.8 Å². The third-order valence-corrected chi connectivity index (χ3v) is 7.03. The van der Waals surface area contributed by atoms with Crippen LogP contribution in [0.2, 0.25) is 0 Å². The first-order valence-electron chi connectivity index (χ1n) is 11.2. The number of nitrogens with one attached hydrogen (secondary N) is 2. The number of carbonyl (C=O) groups excluding carboxylic acids is 1. The normalized spacial score (nSPS) is 24.5. The summed E-state index contributed by atoms with van der Waals surface area (Å²) >= 11 is 0. The summed E-state index contributed by atoms with van der Waals surface area (Å²) in [6.07, 6.45) is 0.518. The lowest BCUT2D eigenvalue weighted by atomic mass is 9.93. The van der Waals surface area contributed by atoms with Crippen molar-refractivity contribution in [2.24, 2.45) is 0 Å². The van der Waals surface area contributed by atoms with Gasteiger partial charge < -0.3 is 25.4 Å². The number of amides is 1. The Morgan fingerprint density at radius 2 is 1.97 bits per heavy atom. The molecule has 3 aromatic rings. The van der Waals surface area contributed by atoms with E-state index in [4.69, 9.17) is 8.92 Å². The first kappa shape index (κ1) is 24.3. The van der Waals surface area contributed by atoms with E-state index >= 15 is 0 Å². The quantitative estimate of drug-likeness (QED) is 0.288. The molecule has 2 aliphatic rings. The summed E-state index contributed by atoms with van der Waals surface area (Å²) in [5, 5.41) is 36.1. The second kappa shape index (κ2) is 9.59. The summed E-state index contributed by atoms with van der Waals surface area (Å²) in [5.74, 6) is -1.28. The number of hydrogen-bond acceptors (Lipinski definition) is 12. The van der Waals surface area contributed by atoms with Gasteiger partial charge in [-0.3, -0.25) is 13.5 Å². The second-order valence-electron chi connectivity index (χ2n) is 8.53. The number of rotatable bonds is 8. The molecular formula is C21H23N6O8S-. The van der Waals surface area contributed by atoms with E-state index in [1.807, 2.05) is 0 Å². The minimum absolute atomic E-state index is 0.300. The van der Waals surface area contributed by atoms with E-state index in [2.05, 4.69) is 20.3 Å². The Labute approximate surface area is 205 Å². The highest BCUT2D eigenvalue weighted by atomic mass is 32.2. The summed E-state index contributed by atoms with van der Waals surface area (Å²) in [6, 6.07) is 5.40. The number of hydrogen-bond donors (Lipinski definition) is 4. The van der Waals surface area contributed by atoms with Crippen LogP contribution in [0.5, 0.6) is 5.75 Å². The summed E-state index contributed by atoms with van der Waals surface area (Å²) in [5.41, 5.74) is 0.427. The average molecular weight is 520 g/mol. The van der Waals surface area contributed by atoms with Crippen LogP contribution in [0.4, 0.5) is 5.82 Å². The number of imidazole rings is 1. The first-order valence-corrected chi connectivity index (χ1v) is 12.6. The van der Waals surface area contributed by atoms with Gasteiger partial charge >= 0.3 is 10.3 Å². The van der Waals surface area contributed by atoms with E-state index in [0.717, 1.165) is 25.3 Å². The van der Waals surface area contributed by atoms with Crippen LogP contribution >= 0.6 is 0 Å². The standard InChI is InChI=1S/C21H24N6O8S/c28-13-7-2-1-6-12(13)20(31)26-36(32,33)34-8-14-16(29)17(30)21(35-14)27-10-24-15-18(22-9-23-19(15)27)25-11-4-3-5-11/h1-2,6-7,9-11,14,16-17,21,28-30H,3-5,8H2,(H,26,31)(H,22,23,25)/p-1/t14-,16-,17-,21-/m1/s1.